The number of carbonyl (C=O) groups excluding carboxylic acids is 1. The Morgan fingerprint density at radius 1 is 1.03 bits per heavy atom. The van der Waals surface area contributed by atoms with Crippen molar-refractivity contribution in [1.82, 2.24) is 9.21 Å². The summed E-state index contributed by atoms with van der Waals surface area (Å²) in [7, 11) is -3.65. The molecule has 2 aromatic carbocycles. The topological polar surface area (TPSA) is 76.2 Å². The molecular formula is C21H25ClN2O5S. The normalized spacial score (nSPS) is 15.2. The van der Waals surface area contributed by atoms with Crippen molar-refractivity contribution in [3.8, 4) is 5.75 Å². The molecule has 0 radical (unpaired) electrons. The Bertz CT molecular complexity index is 975. The van der Waals surface area contributed by atoms with E-state index < -0.39 is 10.0 Å². The molecule has 3 rings (SSSR count). The number of halogens is 1. The number of hydrogen-bond donors (Lipinski definition) is 0. The number of para-hydroxylation sites is 1. The third kappa shape index (κ3) is 5.31. The lowest BCUT2D eigenvalue weighted by atomic mass is 10.1. The number of carbonyl (C=O) groups is 1. The Hall–Kier alpha value is -2.13. The van der Waals surface area contributed by atoms with Crippen molar-refractivity contribution in [3.05, 3.63) is 59.1 Å². The number of hydrogen-bond acceptors (Lipinski definition) is 5. The molecule has 1 heterocycles. The maximum absolute atomic E-state index is 13.0. The van der Waals surface area contributed by atoms with Crippen LogP contribution in [0.2, 0.25) is 5.02 Å². The lowest BCUT2D eigenvalue weighted by Crippen LogP contribution is -2.50. The summed E-state index contributed by atoms with van der Waals surface area (Å²) < 4.78 is 38.0. The van der Waals surface area contributed by atoms with Crippen molar-refractivity contribution in [2.24, 2.45) is 0 Å². The van der Waals surface area contributed by atoms with Gasteiger partial charge in [0.25, 0.3) is 5.91 Å². The van der Waals surface area contributed by atoms with Crippen LogP contribution in [0, 0.1) is 0 Å². The van der Waals surface area contributed by atoms with Crippen molar-refractivity contribution in [2.45, 2.75) is 11.8 Å². The van der Waals surface area contributed by atoms with Gasteiger partial charge in [-0.1, -0.05) is 29.8 Å². The van der Waals surface area contributed by atoms with Crippen LogP contribution in [-0.2, 0) is 14.8 Å². The minimum Gasteiger partial charge on any atom is -0.490 e. The van der Waals surface area contributed by atoms with Gasteiger partial charge in [0.2, 0.25) is 10.0 Å². The summed E-state index contributed by atoms with van der Waals surface area (Å²) in [5.41, 5.74) is 0.458. The molecule has 0 aromatic heterocycles. The lowest BCUT2D eigenvalue weighted by Gasteiger charge is -2.34. The fraction of sp³-hybridized carbons (Fsp3) is 0.381. The summed E-state index contributed by atoms with van der Waals surface area (Å²) in [6.45, 7) is 4.33. The van der Waals surface area contributed by atoms with E-state index in [1.165, 1.54) is 16.4 Å². The summed E-state index contributed by atoms with van der Waals surface area (Å²) in [4.78, 5) is 14.8. The molecule has 2 aromatic rings. The second-order valence-corrected chi connectivity index (χ2v) is 9.07. The van der Waals surface area contributed by atoms with Gasteiger partial charge in [0, 0.05) is 37.8 Å². The Morgan fingerprint density at radius 2 is 1.77 bits per heavy atom. The third-order valence-corrected chi connectivity index (χ3v) is 6.90. The average Bonchev–Trinajstić information content (AvgIpc) is 2.76. The highest BCUT2D eigenvalue weighted by atomic mass is 35.5. The van der Waals surface area contributed by atoms with Crippen LogP contribution >= 0.6 is 11.6 Å². The van der Waals surface area contributed by atoms with Gasteiger partial charge in [-0.3, -0.25) is 4.79 Å². The first-order valence-corrected chi connectivity index (χ1v) is 11.6. The van der Waals surface area contributed by atoms with Crippen LogP contribution in [-0.4, -0.2) is 69.5 Å². The Balaban J connectivity index is 1.65. The fourth-order valence-electron chi connectivity index (χ4n) is 3.20. The molecule has 0 spiro atoms. The minimum atomic E-state index is -3.65. The second-order valence-electron chi connectivity index (χ2n) is 6.70. The maximum Gasteiger partial charge on any atom is 0.257 e. The fourth-order valence-corrected chi connectivity index (χ4v) is 4.93. The smallest absolute Gasteiger partial charge is 0.257 e. The first-order chi connectivity index (χ1) is 14.4. The number of rotatable bonds is 8. The molecule has 1 aliphatic heterocycles. The molecular weight excluding hydrogens is 428 g/mol. The van der Waals surface area contributed by atoms with Crippen LogP contribution in [0.15, 0.2) is 53.4 Å². The molecule has 1 saturated heterocycles. The molecule has 0 aliphatic carbocycles. The lowest BCUT2D eigenvalue weighted by molar-refractivity contribution is 0.0688. The van der Waals surface area contributed by atoms with Crippen LogP contribution in [0.5, 0.6) is 5.75 Å². The second kappa shape index (κ2) is 10.3. The Kier molecular flexibility index (Phi) is 7.71. The van der Waals surface area contributed by atoms with Crippen LogP contribution in [0.4, 0.5) is 0 Å². The van der Waals surface area contributed by atoms with Gasteiger partial charge in [-0.2, -0.15) is 4.31 Å². The zero-order chi connectivity index (χ0) is 21.6. The zero-order valence-corrected chi connectivity index (χ0v) is 18.4. The Morgan fingerprint density at radius 3 is 2.47 bits per heavy atom. The molecule has 1 fully saturated rings. The number of ether oxygens (including phenoxy) is 2. The predicted molar refractivity (Wildman–Crippen MR) is 115 cm³/mol. The van der Waals surface area contributed by atoms with E-state index in [1.807, 2.05) is 13.0 Å². The van der Waals surface area contributed by atoms with Gasteiger partial charge < -0.3 is 14.4 Å². The van der Waals surface area contributed by atoms with E-state index in [0.717, 1.165) is 0 Å². The van der Waals surface area contributed by atoms with Gasteiger partial charge >= 0.3 is 0 Å². The van der Waals surface area contributed by atoms with E-state index in [1.54, 1.807) is 35.2 Å². The van der Waals surface area contributed by atoms with Crippen molar-refractivity contribution in [2.75, 3.05) is 46.0 Å². The first-order valence-electron chi connectivity index (χ1n) is 9.78. The van der Waals surface area contributed by atoms with Crippen LogP contribution in [0.1, 0.15) is 17.3 Å². The standard InChI is InChI=1S/C21H25ClN2O5S/c1-2-28-14-15-29-20-9-4-3-8-19(20)21(25)23-10-12-24(13-11-23)30(26,27)18-7-5-6-17(22)16-18/h3-9,16H,2,10-15H2,1H3. The third-order valence-electron chi connectivity index (χ3n) is 4.77. The largest absolute Gasteiger partial charge is 0.490 e. The summed E-state index contributed by atoms with van der Waals surface area (Å²) in [5, 5.41) is 0.367. The van der Waals surface area contributed by atoms with Gasteiger partial charge in [0.05, 0.1) is 17.1 Å². The molecule has 7 nitrogen and oxygen atoms in total. The van der Waals surface area contributed by atoms with Gasteiger partial charge in [-0.25, -0.2) is 8.42 Å². The highest BCUT2D eigenvalue weighted by Crippen LogP contribution is 2.23. The maximum atomic E-state index is 13.0. The number of sulfonamides is 1. The predicted octanol–water partition coefficient (Wildman–Crippen LogP) is 2.90. The molecule has 1 aliphatic rings. The Labute approximate surface area is 182 Å². The monoisotopic (exact) mass is 452 g/mol. The van der Waals surface area contributed by atoms with Gasteiger partial charge in [-0.15, -0.1) is 0 Å². The molecule has 162 valence electrons. The van der Waals surface area contributed by atoms with Crippen molar-refractivity contribution < 1.29 is 22.7 Å². The molecule has 9 heteroatoms. The van der Waals surface area contributed by atoms with E-state index in [0.29, 0.717) is 49.2 Å². The number of nitrogens with zero attached hydrogens (tertiary/aromatic N) is 2. The van der Waals surface area contributed by atoms with E-state index in [-0.39, 0.29) is 23.9 Å². The van der Waals surface area contributed by atoms with Gasteiger partial charge in [0.15, 0.2) is 0 Å². The number of amides is 1. The van der Waals surface area contributed by atoms with Gasteiger partial charge in [-0.05, 0) is 37.3 Å². The summed E-state index contributed by atoms with van der Waals surface area (Å²) in [5.74, 6) is 0.318. The SMILES string of the molecule is CCOCCOc1ccccc1C(=O)N1CCN(S(=O)(=O)c2cccc(Cl)c2)CC1. The molecule has 0 bridgehead atoms. The van der Waals surface area contributed by atoms with E-state index >= 15 is 0 Å². The van der Waals surface area contributed by atoms with E-state index in [2.05, 4.69) is 0 Å². The minimum absolute atomic E-state index is 0.155. The van der Waals surface area contributed by atoms with Crippen molar-refractivity contribution >= 4 is 27.5 Å². The molecule has 0 saturated carbocycles. The van der Waals surface area contributed by atoms with E-state index in [9.17, 15) is 13.2 Å². The average molecular weight is 453 g/mol. The number of benzene rings is 2. The molecule has 0 unspecified atom stereocenters. The highest BCUT2D eigenvalue weighted by Gasteiger charge is 2.31. The van der Waals surface area contributed by atoms with Crippen molar-refractivity contribution in [1.29, 1.82) is 0 Å². The van der Waals surface area contributed by atoms with Crippen LogP contribution < -0.4 is 4.74 Å². The quantitative estimate of drug-likeness (QED) is 0.575. The molecule has 30 heavy (non-hydrogen) atoms. The first kappa shape index (κ1) is 22.6. The molecule has 1 amide bonds. The summed E-state index contributed by atoms with van der Waals surface area (Å²) in [6, 6.07) is 13.2. The van der Waals surface area contributed by atoms with Crippen LogP contribution in [0.25, 0.3) is 0 Å². The summed E-state index contributed by atoms with van der Waals surface area (Å²) in [6.07, 6.45) is 0. The highest BCUT2D eigenvalue weighted by molar-refractivity contribution is 7.89. The zero-order valence-electron chi connectivity index (χ0n) is 16.8. The summed E-state index contributed by atoms with van der Waals surface area (Å²) >= 11 is 5.94. The number of piperazine rings is 1. The van der Waals surface area contributed by atoms with Gasteiger partial charge in [0.1, 0.15) is 12.4 Å². The van der Waals surface area contributed by atoms with Crippen LogP contribution in [0.3, 0.4) is 0 Å². The van der Waals surface area contributed by atoms with Crippen molar-refractivity contribution in [3.63, 3.8) is 0 Å². The molecule has 0 N–H and O–H groups in total. The van der Waals surface area contributed by atoms with E-state index in [4.69, 9.17) is 21.1 Å². The molecule has 0 atom stereocenters.